The van der Waals surface area contributed by atoms with E-state index in [0.29, 0.717) is 12.5 Å². The number of hydrogen-bond donors (Lipinski definition) is 1. The number of aryl methyl sites for hydroxylation is 1. The second kappa shape index (κ2) is 3.07. The summed E-state index contributed by atoms with van der Waals surface area (Å²) < 4.78 is 2.19. The van der Waals surface area contributed by atoms with Crippen molar-refractivity contribution in [1.29, 1.82) is 0 Å². The molecule has 0 saturated heterocycles. The molecule has 3 nitrogen and oxygen atoms in total. The van der Waals surface area contributed by atoms with E-state index in [4.69, 9.17) is 10.7 Å². The Hall–Kier alpha value is -1.35. The molecule has 78 valence electrons. The Morgan fingerprint density at radius 3 is 2.93 bits per heavy atom. The van der Waals surface area contributed by atoms with Crippen molar-refractivity contribution in [2.24, 2.45) is 5.73 Å². The van der Waals surface area contributed by atoms with Crippen molar-refractivity contribution in [1.82, 2.24) is 9.38 Å². The summed E-state index contributed by atoms with van der Waals surface area (Å²) in [4.78, 5) is 4.69. The highest BCUT2D eigenvalue weighted by molar-refractivity contribution is 5.46. The molecule has 0 spiro atoms. The van der Waals surface area contributed by atoms with Gasteiger partial charge in [-0.2, -0.15) is 0 Å². The monoisotopic (exact) mass is 201 g/mol. The van der Waals surface area contributed by atoms with Gasteiger partial charge in [-0.3, -0.25) is 4.40 Å². The Labute approximate surface area is 88.9 Å². The van der Waals surface area contributed by atoms with Crippen LogP contribution in [-0.4, -0.2) is 9.38 Å². The Bertz CT molecular complexity index is 509. The third-order valence-corrected chi connectivity index (χ3v) is 3.16. The van der Waals surface area contributed by atoms with Gasteiger partial charge in [0, 0.05) is 23.9 Å². The lowest BCUT2D eigenvalue weighted by atomic mass is 10.2. The first-order chi connectivity index (χ1) is 7.31. The highest BCUT2D eigenvalue weighted by Crippen LogP contribution is 2.41. The van der Waals surface area contributed by atoms with E-state index < -0.39 is 0 Å². The zero-order chi connectivity index (χ0) is 10.4. The van der Waals surface area contributed by atoms with Crippen molar-refractivity contribution in [2.45, 2.75) is 32.2 Å². The fourth-order valence-electron chi connectivity index (χ4n) is 2.24. The van der Waals surface area contributed by atoms with E-state index in [0.717, 1.165) is 11.3 Å². The number of nitrogens with zero attached hydrogens (tertiary/aromatic N) is 2. The van der Waals surface area contributed by atoms with Gasteiger partial charge in [-0.1, -0.05) is 6.07 Å². The molecule has 1 aliphatic rings. The molecule has 0 unspecified atom stereocenters. The first kappa shape index (κ1) is 8.92. The normalized spacial score (nSPS) is 16.1. The standard InChI is InChI=1S/C12H15N3/c1-8-12(9-5-6-9)14-11-4-2-3-10(7-13)15(8)11/h2-4,9H,5-7,13H2,1H3. The zero-order valence-corrected chi connectivity index (χ0v) is 8.90. The molecule has 2 heterocycles. The maximum absolute atomic E-state index is 5.74. The van der Waals surface area contributed by atoms with E-state index in [1.807, 2.05) is 6.07 Å². The van der Waals surface area contributed by atoms with Gasteiger partial charge in [0.1, 0.15) is 5.65 Å². The molecule has 1 fully saturated rings. The van der Waals surface area contributed by atoms with Crippen LogP contribution in [0.5, 0.6) is 0 Å². The molecule has 0 bridgehead atoms. The van der Waals surface area contributed by atoms with Crippen molar-refractivity contribution in [2.75, 3.05) is 0 Å². The lowest BCUT2D eigenvalue weighted by molar-refractivity contribution is 0.914. The average Bonchev–Trinajstić information content (AvgIpc) is 3.04. The third-order valence-electron chi connectivity index (χ3n) is 3.16. The van der Waals surface area contributed by atoms with Gasteiger partial charge in [0.25, 0.3) is 0 Å². The van der Waals surface area contributed by atoms with E-state index >= 15 is 0 Å². The highest BCUT2D eigenvalue weighted by atomic mass is 15.0. The minimum Gasteiger partial charge on any atom is -0.325 e. The second-order valence-corrected chi connectivity index (χ2v) is 4.27. The number of hydrogen-bond acceptors (Lipinski definition) is 2. The Balaban J connectivity index is 2.29. The van der Waals surface area contributed by atoms with Crippen LogP contribution < -0.4 is 5.73 Å². The van der Waals surface area contributed by atoms with Gasteiger partial charge in [-0.15, -0.1) is 0 Å². The molecule has 3 heteroatoms. The first-order valence-electron chi connectivity index (χ1n) is 5.48. The lowest BCUT2D eigenvalue weighted by Crippen LogP contribution is -2.04. The number of rotatable bonds is 2. The minimum absolute atomic E-state index is 0.568. The van der Waals surface area contributed by atoms with Gasteiger partial charge < -0.3 is 5.73 Å². The van der Waals surface area contributed by atoms with Gasteiger partial charge in [-0.05, 0) is 31.9 Å². The van der Waals surface area contributed by atoms with Crippen LogP contribution in [0.15, 0.2) is 18.2 Å². The van der Waals surface area contributed by atoms with E-state index in [1.165, 1.54) is 24.2 Å². The van der Waals surface area contributed by atoms with Crippen molar-refractivity contribution >= 4 is 5.65 Å². The van der Waals surface area contributed by atoms with Gasteiger partial charge in [-0.25, -0.2) is 4.98 Å². The molecule has 0 radical (unpaired) electrons. The maximum Gasteiger partial charge on any atom is 0.137 e. The van der Waals surface area contributed by atoms with E-state index in [-0.39, 0.29) is 0 Å². The fourth-order valence-corrected chi connectivity index (χ4v) is 2.24. The summed E-state index contributed by atoms with van der Waals surface area (Å²) in [6.07, 6.45) is 2.59. The highest BCUT2D eigenvalue weighted by Gasteiger charge is 2.28. The van der Waals surface area contributed by atoms with Crippen molar-refractivity contribution in [3.63, 3.8) is 0 Å². The summed E-state index contributed by atoms with van der Waals surface area (Å²) in [5, 5.41) is 0. The van der Waals surface area contributed by atoms with E-state index in [1.54, 1.807) is 0 Å². The van der Waals surface area contributed by atoms with E-state index in [9.17, 15) is 0 Å². The number of pyridine rings is 1. The predicted molar refractivity (Wildman–Crippen MR) is 59.8 cm³/mol. The molecule has 0 aliphatic heterocycles. The van der Waals surface area contributed by atoms with Crippen molar-refractivity contribution in [3.8, 4) is 0 Å². The first-order valence-corrected chi connectivity index (χ1v) is 5.48. The summed E-state index contributed by atoms with van der Waals surface area (Å²) in [5.74, 6) is 0.704. The van der Waals surface area contributed by atoms with Crippen LogP contribution in [0, 0.1) is 6.92 Å². The SMILES string of the molecule is Cc1c(C2CC2)nc2cccc(CN)n12. The van der Waals surface area contributed by atoms with Gasteiger partial charge in [0.05, 0.1) is 5.69 Å². The van der Waals surface area contributed by atoms with E-state index in [2.05, 4.69) is 23.5 Å². The molecule has 2 aromatic rings. The molecule has 2 N–H and O–H groups in total. The second-order valence-electron chi connectivity index (χ2n) is 4.27. The summed E-state index contributed by atoms with van der Waals surface area (Å²) >= 11 is 0. The third kappa shape index (κ3) is 1.27. The molecular formula is C12H15N3. The quantitative estimate of drug-likeness (QED) is 0.807. The van der Waals surface area contributed by atoms with Crippen LogP contribution in [0.3, 0.4) is 0 Å². The fraction of sp³-hybridized carbons (Fsp3) is 0.417. The Kier molecular flexibility index (Phi) is 1.83. The van der Waals surface area contributed by atoms with Gasteiger partial charge >= 0.3 is 0 Å². The molecule has 15 heavy (non-hydrogen) atoms. The molecule has 2 aromatic heterocycles. The molecule has 3 rings (SSSR count). The van der Waals surface area contributed by atoms with Gasteiger partial charge in [0.2, 0.25) is 0 Å². The molecule has 0 atom stereocenters. The summed E-state index contributed by atoms with van der Waals surface area (Å²) in [6, 6.07) is 6.15. The number of fused-ring (bicyclic) bond motifs is 1. The molecular weight excluding hydrogens is 186 g/mol. The number of imidazole rings is 1. The van der Waals surface area contributed by atoms with Crippen LogP contribution in [0.1, 0.15) is 35.8 Å². The van der Waals surface area contributed by atoms with Crippen LogP contribution >= 0.6 is 0 Å². The lowest BCUT2D eigenvalue weighted by Gasteiger charge is -2.04. The topological polar surface area (TPSA) is 43.3 Å². The largest absolute Gasteiger partial charge is 0.325 e. The molecule has 1 saturated carbocycles. The molecule has 0 aromatic carbocycles. The van der Waals surface area contributed by atoms with Crippen LogP contribution in [0.2, 0.25) is 0 Å². The van der Waals surface area contributed by atoms with Gasteiger partial charge in [0.15, 0.2) is 0 Å². The zero-order valence-electron chi connectivity index (χ0n) is 8.90. The summed E-state index contributed by atoms with van der Waals surface area (Å²) in [7, 11) is 0. The summed E-state index contributed by atoms with van der Waals surface area (Å²) in [6.45, 7) is 2.71. The molecule has 0 amide bonds. The Morgan fingerprint density at radius 1 is 1.47 bits per heavy atom. The minimum atomic E-state index is 0.568. The van der Waals surface area contributed by atoms with Crippen molar-refractivity contribution in [3.05, 3.63) is 35.3 Å². The Morgan fingerprint density at radius 2 is 2.27 bits per heavy atom. The molecule has 1 aliphatic carbocycles. The van der Waals surface area contributed by atoms with Crippen LogP contribution in [0.25, 0.3) is 5.65 Å². The van der Waals surface area contributed by atoms with Crippen LogP contribution in [-0.2, 0) is 6.54 Å². The maximum atomic E-state index is 5.74. The van der Waals surface area contributed by atoms with Crippen LogP contribution in [0.4, 0.5) is 0 Å². The number of aromatic nitrogens is 2. The number of nitrogens with two attached hydrogens (primary N) is 1. The van der Waals surface area contributed by atoms with Crippen molar-refractivity contribution < 1.29 is 0 Å². The summed E-state index contributed by atoms with van der Waals surface area (Å²) in [5.41, 5.74) is 10.5. The predicted octanol–water partition coefficient (Wildman–Crippen LogP) is 1.98. The smallest absolute Gasteiger partial charge is 0.137 e. The average molecular weight is 201 g/mol.